The molecule has 2 unspecified atom stereocenters. The summed E-state index contributed by atoms with van der Waals surface area (Å²) >= 11 is 0. The number of phosphoric acid groups is 1. The number of phosphoric ester groups is 1. The maximum atomic E-state index is 12.8. The average Bonchev–Trinajstić information content (AvgIpc) is 3.46. The molecule has 0 saturated heterocycles. The number of quaternary nitrogens is 1. The van der Waals surface area contributed by atoms with E-state index in [0.29, 0.717) is 17.4 Å². The minimum absolute atomic E-state index is 0.0381. The number of rotatable bonds is 62. The molecule has 0 radical (unpaired) electrons. The van der Waals surface area contributed by atoms with Gasteiger partial charge in [-0.1, -0.05) is 284 Å². The van der Waals surface area contributed by atoms with Gasteiger partial charge in [0.05, 0.1) is 27.7 Å². The van der Waals surface area contributed by atoms with Gasteiger partial charge in [-0.25, -0.2) is 0 Å². The number of hydrogen-bond donors (Lipinski definition) is 0. The lowest BCUT2D eigenvalue weighted by atomic mass is 10.0. The van der Waals surface area contributed by atoms with Crippen LogP contribution in [0.25, 0.3) is 0 Å². The molecule has 0 heterocycles. The van der Waals surface area contributed by atoms with Crippen molar-refractivity contribution in [3.8, 4) is 0 Å². The molecule has 474 valence electrons. The van der Waals surface area contributed by atoms with Crippen LogP contribution in [0.5, 0.6) is 0 Å². The summed E-state index contributed by atoms with van der Waals surface area (Å²) in [5.74, 6) is -0.850. The first-order chi connectivity index (χ1) is 40.0. The van der Waals surface area contributed by atoms with Crippen molar-refractivity contribution in [2.24, 2.45) is 0 Å². The first-order valence-electron chi connectivity index (χ1n) is 33.9. The number of allylic oxidation sites excluding steroid dienone is 16. The smallest absolute Gasteiger partial charge is 0.306 e. The molecule has 0 rings (SSSR count). The van der Waals surface area contributed by atoms with Crippen LogP contribution in [0.15, 0.2) is 97.2 Å². The summed E-state index contributed by atoms with van der Waals surface area (Å²) < 4.78 is 34.2. The van der Waals surface area contributed by atoms with Crippen molar-refractivity contribution >= 4 is 19.8 Å². The van der Waals surface area contributed by atoms with E-state index in [4.69, 9.17) is 18.5 Å². The minimum atomic E-state index is -4.65. The van der Waals surface area contributed by atoms with Gasteiger partial charge in [-0.05, 0) is 96.3 Å². The highest BCUT2D eigenvalue weighted by Crippen LogP contribution is 2.38. The molecule has 0 aromatic heterocycles. The number of carbonyl (C=O) groups is 2. The fourth-order valence-corrected chi connectivity index (χ4v) is 10.1. The Labute approximate surface area is 506 Å². The molecule has 0 aromatic rings. The van der Waals surface area contributed by atoms with Crippen molar-refractivity contribution in [3.05, 3.63) is 97.2 Å². The second-order valence-electron chi connectivity index (χ2n) is 23.8. The van der Waals surface area contributed by atoms with Crippen LogP contribution in [-0.2, 0) is 32.7 Å². The topological polar surface area (TPSA) is 111 Å². The first kappa shape index (κ1) is 78.9. The molecular formula is C72H128NO8P. The van der Waals surface area contributed by atoms with Crippen molar-refractivity contribution < 1.29 is 42.1 Å². The summed E-state index contributed by atoms with van der Waals surface area (Å²) in [7, 11) is 1.15. The van der Waals surface area contributed by atoms with Gasteiger partial charge in [-0.15, -0.1) is 0 Å². The van der Waals surface area contributed by atoms with E-state index in [0.717, 1.165) is 96.3 Å². The van der Waals surface area contributed by atoms with Crippen LogP contribution in [0.1, 0.15) is 296 Å². The van der Waals surface area contributed by atoms with E-state index in [-0.39, 0.29) is 32.0 Å². The highest BCUT2D eigenvalue weighted by Gasteiger charge is 2.22. The Morgan fingerprint density at radius 2 is 0.695 bits per heavy atom. The lowest BCUT2D eigenvalue weighted by Crippen LogP contribution is -2.37. The largest absolute Gasteiger partial charge is 0.756 e. The zero-order chi connectivity index (χ0) is 59.8. The Morgan fingerprint density at radius 3 is 1.04 bits per heavy atom. The summed E-state index contributed by atoms with van der Waals surface area (Å²) in [6, 6.07) is 0. The van der Waals surface area contributed by atoms with Gasteiger partial charge in [0, 0.05) is 12.8 Å². The van der Waals surface area contributed by atoms with Gasteiger partial charge in [0.2, 0.25) is 0 Å². The molecular weight excluding hydrogens is 1040 g/mol. The summed E-state index contributed by atoms with van der Waals surface area (Å²) in [5, 5.41) is 0. The molecule has 0 saturated carbocycles. The molecule has 2 atom stereocenters. The quantitative estimate of drug-likeness (QED) is 0.0195. The van der Waals surface area contributed by atoms with Crippen LogP contribution in [0, 0.1) is 0 Å². The van der Waals surface area contributed by atoms with E-state index in [1.807, 2.05) is 21.1 Å². The molecule has 0 aliphatic carbocycles. The lowest BCUT2D eigenvalue weighted by molar-refractivity contribution is -0.870. The maximum absolute atomic E-state index is 12.8. The standard InChI is InChI=1S/C72H128NO8P/c1-6-8-10-12-14-16-18-20-22-24-26-28-29-30-31-32-33-34-35-36-37-38-39-40-41-42-43-45-46-48-50-52-54-56-58-60-62-64-71(74)78-68-70(69-80-82(76,77)79-67-66-73(3,4)5)81-72(75)65-63-61-59-57-55-53-51-49-47-44-27-25-23-21-19-17-15-13-11-9-7-2/h9,11,15,17-18,20-21,23-24,26-27,29-30,44,49,51,70H,6-8,10,12-14,16,19,22,25,28,31-43,45-48,50,52-69H2,1-5H3/b11-9-,17-15-,20-18-,23-21-,26-24-,30-29-,44-27-,51-49-. The molecule has 10 heteroatoms. The van der Waals surface area contributed by atoms with Gasteiger partial charge < -0.3 is 27.9 Å². The van der Waals surface area contributed by atoms with E-state index < -0.39 is 26.5 Å². The predicted molar refractivity (Wildman–Crippen MR) is 351 cm³/mol. The van der Waals surface area contributed by atoms with Gasteiger partial charge in [0.1, 0.15) is 19.8 Å². The second-order valence-corrected chi connectivity index (χ2v) is 25.2. The molecule has 0 aliphatic rings. The molecule has 0 N–H and O–H groups in total. The zero-order valence-corrected chi connectivity index (χ0v) is 54.8. The van der Waals surface area contributed by atoms with Crippen molar-refractivity contribution in [3.63, 3.8) is 0 Å². The summed E-state index contributed by atoms with van der Waals surface area (Å²) in [5.41, 5.74) is 0. The molecule has 0 amide bonds. The van der Waals surface area contributed by atoms with Crippen LogP contribution >= 0.6 is 7.82 Å². The van der Waals surface area contributed by atoms with Crippen molar-refractivity contribution in [1.29, 1.82) is 0 Å². The molecule has 82 heavy (non-hydrogen) atoms. The van der Waals surface area contributed by atoms with Gasteiger partial charge in [0.15, 0.2) is 6.10 Å². The lowest BCUT2D eigenvalue weighted by Gasteiger charge is -2.28. The van der Waals surface area contributed by atoms with E-state index in [1.165, 1.54) is 167 Å². The predicted octanol–water partition coefficient (Wildman–Crippen LogP) is 21.3. The summed E-state index contributed by atoms with van der Waals surface area (Å²) in [6.45, 7) is 4.11. The van der Waals surface area contributed by atoms with Crippen LogP contribution in [0.4, 0.5) is 0 Å². The number of unbranched alkanes of at least 4 members (excludes halogenated alkanes) is 32. The maximum Gasteiger partial charge on any atom is 0.306 e. The third-order valence-corrected chi connectivity index (χ3v) is 15.6. The number of nitrogens with zero attached hydrogens (tertiary/aromatic N) is 1. The molecule has 0 aliphatic heterocycles. The second kappa shape index (κ2) is 62.5. The van der Waals surface area contributed by atoms with Gasteiger partial charge in [-0.3, -0.25) is 14.2 Å². The Morgan fingerprint density at radius 1 is 0.390 bits per heavy atom. The monoisotopic (exact) mass is 1170 g/mol. The number of likely N-dealkylation sites (N-methyl/N-ethyl adjacent to an activating group) is 1. The summed E-state index contributed by atoms with van der Waals surface area (Å²) in [6.07, 6.45) is 86.4. The number of ether oxygens (including phenoxy) is 2. The molecule has 0 fully saturated rings. The van der Waals surface area contributed by atoms with Crippen LogP contribution in [-0.4, -0.2) is 70.0 Å². The minimum Gasteiger partial charge on any atom is -0.756 e. The SMILES string of the molecule is CC/C=C\C/C=C\C/C=C\C/C=C\C/C=C\CCCCCCCC(=O)OC(COC(=O)CCCCCCCCCCCCCCCCCCCCCCCC/C=C\C/C=C\C/C=C\CCCCCCC)COP(=O)([O-])OCC[N+](C)(C)C. The fourth-order valence-electron chi connectivity index (χ4n) is 9.40. The highest BCUT2D eigenvalue weighted by molar-refractivity contribution is 7.45. The van der Waals surface area contributed by atoms with Crippen molar-refractivity contribution in [1.82, 2.24) is 0 Å². The first-order valence-corrected chi connectivity index (χ1v) is 35.4. The molecule has 0 spiro atoms. The Balaban J connectivity index is 4.00. The van der Waals surface area contributed by atoms with Gasteiger partial charge in [-0.2, -0.15) is 0 Å². The number of hydrogen-bond acceptors (Lipinski definition) is 8. The van der Waals surface area contributed by atoms with Crippen molar-refractivity contribution in [2.45, 2.75) is 302 Å². The Kier molecular flexibility index (Phi) is 60.1. The van der Waals surface area contributed by atoms with E-state index in [9.17, 15) is 19.0 Å². The normalized spacial score (nSPS) is 13.8. The highest BCUT2D eigenvalue weighted by atomic mass is 31.2. The van der Waals surface area contributed by atoms with Crippen molar-refractivity contribution in [2.75, 3.05) is 47.5 Å². The van der Waals surface area contributed by atoms with E-state index in [1.54, 1.807) is 0 Å². The van der Waals surface area contributed by atoms with Crippen LogP contribution in [0.3, 0.4) is 0 Å². The van der Waals surface area contributed by atoms with E-state index >= 15 is 0 Å². The molecule has 9 nitrogen and oxygen atoms in total. The molecule has 0 bridgehead atoms. The molecule has 0 aromatic carbocycles. The Hall–Kier alpha value is -3.07. The van der Waals surface area contributed by atoms with Gasteiger partial charge >= 0.3 is 11.9 Å². The van der Waals surface area contributed by atoms with Gasteiger partial charge in [0.25, 0.3) is 7.82 Å². The van der Waals surface area contributed by atoms with Crippen LogP contribution in [0.2, 0.25) is 0 Å². The van der Waals surface area contributed by atoms with Crippen LogP contribution < -0.4 is 4.89 Å². The third-order valence-electron chi connectivity index (χ3n) is 14.6. The Bertz CT molecular complexity index is 1710. The third kappa shape index (κ3) is 66.1. The zero-order valence-electron chi connectivity index (χ0n) is 53.9. The average molecular weight is 1170 g/mol. The fraction of sp³-hybridized carbons (Fsp3) is 0.750. The summed E-state index contributed by atoms with van der Waals surface area (Å²) in [4.78, 5) is 38.0. The number of esters is 2. The van der Waals surface area contributed by atoms with E-state index in [2.05, 4.69) is 111 Å². The number of carbonyl (C=O) groups excluding carboxylic acids is 2.